The van der Waals surface area contributed by atoms with E-state index in [1.165, 1.54) is 9.70 Å². The van der Waals surface area contributed by atoms with Crippen LogP contribution in [-0.2, 0) is 27.8 Å². The lowest BCUT2D eigenvalue weighted by Crippen LogP contribution is -2.68. The van der Waals surface area contributed by atoms with Gasteiger partial charge in [-0.25, -0.2) is 9.18 Å². The Hall–Kier alpha value is -4.50. The number of aromatic nitrogens is 3. The molecular weight excluding hydrogens is 695 g/mol. The van der Waals surface area contributed by atoms with E-state index < -0.39 is 17.6 Å². The minimum atomic E-state index is -1.19. The van der Waals surface area contributed by atoms with Crippen LogP contribution >= 0.6 is 11.6 Å². The summed E-state index contributed by atoms with van der Waals surface area (Å²) < 4.78 is 40.0. The summed E-state index contributed by atoms with van der Waals surface area (Å²) in [6.45, 7) is 7.40. The molecule has 1 spiro atoms. The van der Waals surface area contributed by atoms with Crippen LogP contribution in [0, 0.1) is 11.2 Å². The van der Waals surface area contributed by atoms with E-state index in [1.807, 2.05) is 6.07 Å². The molecule has 2 unspecified atom stereocenters. The fourth-order valence-electron chi connectivity index (χ4n) is 8.14. The Balaban J connectivity index is 1.00. The number of carbonyl (C=O) groups excluding carboxylic acids is 1. The molecule has 4 fully saturated rings. The van der Waals surface area contributed by atoms with E-state index in [2.05, 4.69) is 33.8 Å². The van der Waals surface area contributed by atoms with Gasteiger partial charge in [0, 0.05) is 29.2 Å². The topological polar surface area (TPSA) is 132 Å². The van der Waals surface area contributed by atoms with Crippen molar-refractivity contribution in [1.82, 2.24) is 19.9 Å². The zero-order valence-electron chi connectivity index (χ0n) is 29.0. The highest BCUT2D eigenvalue weighted by Gasteiger charge is 2.51. The van der Waals surface area contributed by atoms with Gasteiger partial charge < -0.3 is 38.8 Å². The molecule has 2 bridgehead atoms. The number of rotatable bonds is 5. The summed E-state index contributed by atoms with van der Waals surface area (Å²) in [5, 5.41) is 19.4. The second-order valence-corrected chi connectivity index (χ2v) is 15.6. The number of ether oxygens (including phenoxy) is 4. The van der Waals surface area contributed by atoms with Gasteiger partial charge in [-0.3, -0.25) is 4.79 Å². The van der Waals surface area contributed by atoms with Crippen molar-refractivity contribution >= 4 is 45.9 Å². The Morgan fingerprint density at radius 3 is 2.40 bits per heavy atom. The summed E-state index contributed by atoms with van der Waals surface area (Å²) in [4.78, 5) is 33.6. The van der Waals surface area contributed by atoms with Crippen LogP contribution in [0.4, 0.5) is 15.8 Å². The number of halogens is 2. The maximum absolute atomic E-state index is 15.8. The number of fused-ring (bicyclic) bond motifs is 4. The van der Waals surface area contributed by atoms with E-state index in [0.29, 0.717) is 73.1 Å². The second kappa shape index (κ2) is 12.0. The van der Waals surface area contributed by atoms with Gasteiger partial charge in [-0.2, -0.15) is 15.0 Å². The molecule has 4 aromatic rings. The third-order valence-corrected chi connectivity index (χ3v) is 11.1. The molecule has 52 heavy (non-hydrogen) atoms. The number of nitrogens with zero attached hydrogens (tertiary/aromatic N) is 6. The largest absolute Gasteiger partial charge is 0.478 e. The number of para-hydroxylation sites is 1. The SMILES string of the molecule is Cn1nc2c(N3CC4(C3)OCC(C)(C)CO4)cc(Cl)c(C(=O)N3COc4c(cccc4-c4cc(N5C6CCC5COC6)c(C(=O)O)cc4F)C3)c2n1. The monoisotopic (exact) mass is 732 g/mol. The highest BCUT2D eigenvalue weighted by Crippen LogP contribution is 2.45. The Kier molecular flexibility index (Phi) is 7.71. The van der Waals surface area contributed by atoms with Gasteiger partial charge in [0.05, 0.1) is 85.7 Å². The van der Waals surface area contributed by atoms with Crippen LogP contribution in [0.2, 0.25) is 5.02 Å². The van der Waals surface area contributed by atoms with Crippen molar-refractivity contribution in [1.29, 1.82) is 0 Å². The summed E-state index contributed by atoms with van der Waals surface area (Å²) in [7, 11) is 1.69. The molecular formula is C37H38ClFN6O7. The number of anilines is 2. The molecule has 0 radical (unpaired) electrons. The quantitative estimate of drug-likeness (QED) is 0.295. The number of amides is 1. The summed E-state index contributed by atoms with van der Waals surface area (Å²) in [6.07, 6.45) is 1.75. The summed E-state index contributed by atoms with van der Waals surface area (Å²) in [6, 6.07) is 9.83. The van der Waals surface area contributed by atoms with Crippen molar-refractivity contribution in [3.63, 3.8) is 0 Å². The first-order valence-corrected chi connectivity index (χ1v) is 17.8. The van der Waals surface area contributed by atoms with Crippen LogP contribution < -0.4 is 14.5 Å². The van der Waals surface area contributed by atoms with Crippen molar-refractivity contribution in [2.45, 2.75) is 51.1 Å². The average Bonchev–Trinajstić information content (AvgIpc) is 3.60. The molecule has 0 aliphatic carbocycles. The van der Waals surface area contributed by atoms with E-state index in [9.17, 15) is 14.7 Å². The molecule has 6 heterocycles. The molecule has 0 saturated carbocycles. The zero-order valence-corrected chi connectivity index (χ0v) is 29.8. The van der Waals surface area contributed by atoms with E-state index in [1.54, 1.807) is 31.3 Å². The number of aryl methyl sites for hydroxylation is 1. The Bertz CT molecular complexity index is 2120. The number of aromatic carboxylic acids is 1. The van der Waals surface area contributed by atoms with Gasteiger partial charge in [0.15, 0.2) is 6.73 Å². The smallest absolute Gasteiger partial charge is 0.337 e. The minimum absolute atomic E-state index is 0.0208. The fourth-order valence-corrected chi connectivity index (χ4v) is 8.41. The molecule has 9 rings (SSSR count). The first-order chi connectivity index (χ1) is 24.9. The van der Waals surface area contributed by atoms with Crippen LogP contribution in [0.15, 0.2) is 36.4 Å². The van der Waals surface area contributed by atoms with Crippen molar-refractivity contribution in [2.75, 3.05) is 56.0 Å². The van der Waals surface area contributed by atoms with Crippen LogP contribution in [0.3, 0.4) is 0 Å². The third-order valence-electron chi connectivity index (χ3n) is 10.8. The predicted molar refractivity (Wildman–Crippen MR) is 188 cm³/mol. The first kappa shape index (κ1) is 33.3. The standard InChI is InChI=1S/C37H38ClFN6O7/c1-36(2)17-51-37(52-18-36)15-44(16-37)29-11-26(38)30(32-31(29)40-42(3)41-32)34(46)43-12-20-5-4-6-23(33(20)50-19-43)24-10-28(25(35(47)48)9-27(24)39)45-21-7-8-22(45)14-49-13-21/h4-6,9-11,21-22H,7-8,12-19H2,1-3H3,(H,47,48). The number of hydrogen-bond acceptors (Lipinski definition) is 10. The molecule has 272 valence electrons. The lowest BCUT2D eigenvalue weighted by molar-refractivity contribution is -0.307. The van der Waals surface area contributed by atoms with Gasteiger partial charge in [0.2, 0.25) is 5.79 Å². The van der Waals surface area contributed by atoms with Gasteiger partial charge in [0.25, 0.3) is 5.91 Å². The molecule has 15 heteroatoms. The molecule has 5 aliphatic rings. The minimum Gasteiger partial charge on any atom is -0.478 e. The Morgan fingerprint density at radius 2 is 1.69 bits per heavy atom. The molecule has 1 amide bonds. The molecule has 1 N–H and O–H groups in total. The number of carbonyl (C=O) groups is 2. The average molecular weight is 733 g/mol. The number of benzene rings is 3. The lowest BCUT2D eigenvalue weighted by Gasteiger charge is -2.54. The molecule has 3 aromatic carbocycles. The van der Waals surface area contributed by atoms with Crippen molar-refractivity contribution < 1.29 is 38.0 Å². The molecule has 5 aliphatic heterocycles. The number of carboxylic acid groups (broad SMARTS) is 1. The fraction of sp³-hybridized carbons (Fsp3) is 0.459. The summed E-state index contributed by atoms with van der Waals surface area (Å²) in [5.41, 5.74) is 3.53. The lowest BCUT2D eigenvalue weighted by atomic mass is 9.93. The molecule has 4 saturated heterocycles. The highest BCUT2D eigenvalue weighted by atomic mass is 35.5. The zero-order chi connectivity index (χ0) is 36.1. The maximum Gasteiger partial charge on any atom is 0.337 e. The number of hydrogen-bond donors (Lipinski definition) is 1. The van der Waals surface area contributed by atoms with E-state index in [0.717, 1.165) is 24.6 Å². The van der Waals surface area contributed by atoms with Crippen molar-refractivity contribution in [3.8, 4) is 16.9 Å². The van der Waals surface area contributed by atoms with Crippen LogP contribution in [0.5, 0.6) is 5.75 Å². The van der Waals surface area contributed by atoms with E-state index in [4.69, 9.17) is 30.5 Å². The Morgan fingerprint density at radius 1 is 0.981 bits per heavy atom. The molecule has 13 nitrogen and oxygen atoms in total. The Labute approximate surface area is 303 Å². The normalized spacial score (nSPS) is 23.1. The number of morpholine rings is 1. The van der Waals surface area contributed by atoms with E-state index in [-0.39, 0.29) is 58.4 Å². The number of carboxylic acids is 1. The van der Waals surface area contributed by atoms with Gasteiger partial charge in [0.1, 0.15) is 22.6 Å². The third kappa shape index (κ3) is 5.37. The van der Waals surface area contributed by atoms with Gasteiger partial charge in [-0.15, -0.1) is 0 Å². The summed E-state index contributed by atoms with van der Waals surface area (Å²) >= 11 is 6.88. The summed E-state index contributed by atoms with van der Waals surface area (Å²) in [5.74, 6) is -2.51. The second-order valence-electron chi connectivity index (χ2n) is 15.2. The van der Waals surface area contributed by atoms with E-state index >= 15 is 4.39 Å². The van der Waals surface area contributed by atoms with Crippen LogP contribution in [0.25, 0.3) is 22.2 Å². The molecule has 1 aromatic heterocycles. The van der Waals surface area contributed by atoms with Crippen LogP contribution in [-0.4, -0.2) is 101 Å². The highest BCUT2D eigenvalue weighted by molar-refractivity contribution is 6.36. The molecule has 2 atom stereocenters. The maximum atomic E-state index is 15.8. The van der Waals surface area contributed by atoms with Crippen LogP contribution in [0.1, 0.15) is 53.0 Å². The van der Waals surface area contributed by atoms with Gasteiger partial charge in [-0.1, -0.05) is 43.6 Å². The van der Waals surface area contributed by atoms with Gasteiger partial charge in [-0.05, 0) is 31.0 Å². The predicted octanol–water partition coefficient (Wildman–Crippen LogP) is 5.08. The van der Waals surface area contributed by atoms with Crippen molar-refractivity contribution in [3.05, 3.63) is 63.9 Å². The van der Waals surface area contributed by atoms with Crippen molar-refractivity contribution in [2.24, 2.45) is 12.5 Å². The van der Waals surface area contributed by atoms with Gasteiger partial charge >= 0.3 is 5.97 Å². The first-order valence-electron chi connectivity index (χ1n) is 17.4.